The van der Waals surface area contributed by atoms with Gasteiger partial charge >= 0.3 is 0 Å². The molecule has 0 spiro atoms. The highest BCUT2D eigenvalue weighted by molar-refractivity contribution is 5.79. The Morgan fingerprint density at radius 3 is 2.33 bits per heavy atom. The molecule has 2 aliphatic carbocycles. The van der Waals surface area contributed by atoms with Crippen LogP contribution < -0.4 is 10.6 Å². The van der Waals surface area contributed by atoms with Crippen molar-refractivity contribution in [2.45, 2.75) is 51.1 Å². The molecule has 0 unspecified atom stereocenters. The lowest BCUT2D eigenvalue weighted by atomic mass is 9.89. The van der Waals surface area contributed by atoms with E-state index < -0.39 is 0 Å². The van der Waals surface area contributed by atoms with E-state index in [1.54, 1.807) is 0 Å². The van der Waals surface area contributed by atoms with E-state index in [0.29, 0.717) is 18.4 Å². The van der Waals surface area contributed by atoms with Crippen molar-refractivity contribution in [3.05, 3.63) is 89.0 Å². The number of H-pyrrole nitrogens is 1. The third kappa shape index (κ3) is 4.58. The van der Waals surface area contributed by atoms with Crippen LogP contribution in [0.3, 0.4) is 0 Å². The summed E-state index contributed by atoms with van der Waals surface area (Å²) in [5, 5.41) is 17.6. The molecule has 2 aromatic carbocycles. The number of nitrogens with zero attached hydrogens (tertiary/aromatic N) is 4. The summed E-state index contributed by atoms with van der Waals surface area (Å²) in [6.45, 7) is 2.02. The maximum absolute atomic E-state index is 12.8. The minimum atomic E-state index is -0.0800. The number of aromatic nitrogens is 5. The fourth-order valence-electron chi connectivity index (χ4n) is 5.28. The predicted molar refractivity (Wildman–Crippen MR) is 137 cm³/mol. The maximum Gasteiger partial charge on any atom is 0.223 e. The Balaban J connectivity index is 1.05. The first-order valence-electron chi connectivity index (χ1n) is 12.6. The molecule has 2 heterocycles. The molecule has 6 rings (SSSR count). The predicted octanol–water partition coefficient (Wildman–Crippen LogP) is 3.82. The summed E-state index contributed by atoms with van der Waals surface area (Å²) in [6.07, 6.45) is 7.95. The lowest BCUT2D eigenvalue weighted by molar-refractivity contribution is -0.126. The van der Waals surface area contributed by atoms with Gasteiger partial charge in [-0.25, -0.2) is 9.97 Å². The molecule has 2 atom stereocenters. The van der Waals surface area contributed by atoms with E-state index >= 15 is 0 Å². The van der Waals surface area contributed by atoms with E-state index in [1.165, 1.54) is 11.1 Å². The van der Waals surface area contributed by atoms with E-state index in [-0.39, 0.29) is 17.9 Å². The van der Waals surface area contributed by atoms with Crippen LogP contribution in [0.5, 0.6) is 0 Å². The van der Waals surface area contributed by atoms with E-state index in [4.69, 9.17) is 0 Å². The van der Waals surface area contributed by atoms with Crippen molar-refractivity contribution in [2.75, 3.05) is 5.32 Å². The number of aromatic amines is 1. The van der Waals surface area contributed by atoms with Gasteiger partial charge in [0.25, 0.3) is 0 Å². The summed E-state index contributed by atoms with van der Waals surface area (Å²) in [6, 6.07) is 17.0. The number of rotatable bonds is 6. The normalized spacial score (nSPS) is 17.8. The summed E-state index contributed by atoms with van der Waals surface area (Å²) >= 11 is 0. The van der Waals surface area contributed by atoms with Gasteiger partial charge in [-0.05, 0) is 54.9 Å². The van der Waals surface area contributed by atoms with E-state index in [9.17, 15) is 4.79 Å². The molecule has 2 aromatic heterocycles. The molecular formula is C28H29N7O. The van der Waals surface area contributed by atoms with Crippen LogP contribution >= 0.6 is 0 Å². The molecule has 0 radical (unpaired) electrons. The number of carbonyl (C=O) groups is 1. The maximum atomic E-state index is 12.8. The Kier molecular flexibility index (Phi) is 5.93. The molecule has 36 heavy (non-hydrogen) atoms. The van der Waals surface area contributed by atoms with Crippen LogP contribution in [0.25, 0.3) is 11.1 Å². The van der Waals surface area contributed by atoms with Crippen molar-refractivity contribution in [3.8, 4) is 11.1 Å². The lowest BCUT2D eigenvalue weighted by Gasteiger charge is -2.22. The number of aryl methyl sites for hydroxylation is 1. The molecule has 8 nitrogen and oxygen atoms in total. The quantitative estimate of drug-likeness (QED) is 0.388. The zero-order valence-corrected chi connectivity index (χ0v) is 20.2. The Morgan fingerprint density at radius 2 is 1.61 bits per heavy atom. The summed E-state index contributed by atoms with van der Waals surface area (Å²) in [5.74, 6) is 0.666. The zero-order chi connectivity index (χ0) is 24.5. The summed E-state index contributed by atoms with van der Waals surface area (Å²) in [7, 11) is 0. The van der Waals surface area contributed by atoms with Gasteiger partial charge in [-0.3, -0.25) is 4.79 Å². The largest absolute Gasteiger partial charge is 0.351 e. The number of amides is 1. The highest BCUT2D eigenvalue weighted by Crippen LogP contribution is 2.26. The Bertz CT molecular complexity index is 1340. The van der Waals surface area contributed by atoms with Crippen LogP contribution in [0.1, 0.15) is 47.5 Å². The topological polar surface area (TPSA) is 108 Å². The molecule has 8 heteroatoms. The van der Waals surface area contributed by atoms with Crippen LogP contribution in [0, 0.1) is 5.92 Å². The van der Waals surface area contributed by atoms with Crippen LogP contribution in [-0.2, 0) is 30.5 Å². The number of fused-ring (bicyclic) bond motifs is 2. The van der Waals surface area contributed by atoms with Gasteiger partial charge in [0, 0.05) is 36.3 Å². The highest BCUT2D eigenvalue weighted by Gasteiger charge is 2.28. The molecule has 2 aliphatic rings. The zero-order valence-electron chi connectivity index (χ0n) is 20.2. The standard InChI is InChI=1S/C28H29N7O/c1-17(31-27(36)22-10-11-25-26(14-22)34-35-33-25)18-6-8-19(9-7-18)23-15-29-28(30-16-23)32-24-12-20-4-2-3-5-21(20)13-24/h2-9,15-17,22,24H,10-14H2,1H3,(H,31,36)(H,29,30,32)(H,33,34,35)/t17-,22-/m0/s1. The molecule has 182 valence electrons. The minimum Gasteiger partial charge on any atom is -0.351 e. The van der Waals surface area contributed by atoms with Gasteiger partial charge in [0.1, 0.15) is 0 Å². The number of carbonyl (C=O) groups excluding carboxylic acids is 1. The molecule has 1 amide bonds. The average Bonchev–Trinajstić information content (AvgIpc) is 3.55. The summed E-state index contributed by atoms with van der Waals surface area (Å²) in [5.41, 5.74) is 7.77. The molecule has 0 saturated heterocycles. The Labute approximate surface area is 210 Å². The molecule has 0 fully saturated rings. The second-order valence-corrected chi connectivity index (χ2v) is 9.82. The van der Waals surface area contributed by atoms with Gasteiger partial charge in [-0.15, -0.1) is 0 Å². The van der Waals surface area contributed by atoms with Crippen molar-refractivity contribution in [1.29, 1.82) is 0 Å². The summed E-state index contributed by atoms with van der Waals surface area (Å²) in [4.78, 5) is 21.9. The SMILES string of the molecule is C[C@H](NC(=O)[C@H]1CCc2n[nH]nc2C1)c1ccc(-c2cnc(NC3Cc4ccccc4C3)nc2)cc1. The lowest BCUT2D eigenvalue weighted by Crippen LogP contribution is -2.35. The number of hydrogen-bond acceptors (Lipinski definition) is 6. The van der Waals surface area contributed by atoms with Crippen LogP contribution in [-0.4, -0.2) is 37.3 Å². The van der Waals surface area contributed by atoms with Crippen LogP contribution in [0.2, 0.25) is 0 Å². The molecule has 0 saturated carbocycles. The third-order valence-corrected chi connectivity index (χ3v) is 7.38. The molecular weight excluding hydrogens is 450 g/mol. The van der Waals surface area contributed by atoms with Crippen molar-refractivity contribution in [1.82, 2.24) is 30.7 Å². The van der Waals surface area contributed by atoms with E-state index in [0.717, 1.165) is 53.8 Å². The number of nitrogens with one attached hydrogen (secondary N) is 3. The van der Waals surface area contributed by atoms with Crippen LogP contribution in [0.4, 0.5) is 5.95 Å². The molecule has 3 N–H and O–H groups in total. The van der Waals surface area contributed by atoms with Gasteiger partial charge in [0.05, 0.1) is 17.4 Å². The van der Waals surface area contributed by atoms with Crippen LogP contribution in [0.15, 0.2) is 60.9 Å². The van der Waals surface area contributed by atoms with Crippen molar-refractivity contribution in [3.63, 3.8) is 0 Å². The van der Waals surface area contributed by atoms with Gasteiger partial charge < -0.3 is 10.6 Å². The smallest absolute Gasteiger partial charge is 0.223 e. The number of hydrogen-bond donors (Lipinski definition) is 3. The molecule has 0 bridgehead atoms. The summed E-state index contributed by atoms with van der Waals surface area (Å²) < 4.78 is 0. The number of anilines is 1. The van der Waals surface area contributed by atoms with Gasteiger partial charge in [-0.2, -0.15) is 15.4 Å². The van der Waals surface area contributed by atoms with Gasteiger partial charge in [0.15, 0.2) is 0 Å². The van der Waals surface area contributed by atoms with Crippen molar-refractivity contribution >= 4 is 11.9 Å². The van der Waals surface area contributed by atoms with Gasteiger partial charge in [-0.1, -0.05) is 48.5 Å². The first kappa shape index (κ1) is 22.4. The minimum absolute atomic E-state index is 0.0630. The Hall–Kier alpha value is -4.07. The fourth-order valence-corrected chi connectivity index (χ4v) is 5.28. The third-order valence-electron chi connectivity index (χ3n) is 7.38. The van der Waals surface area contributed by atoms with Gasteiger partial charge in [0.2, 0.25) is 11.9 Å². The van der Waals surface area contributed by atoms with Crippen molar-refractivity contribution in [2.24, 2.45) is 5.92 Å². The van der Waals surface area contributed by atoms with E-state index in [1.807, 2.05) is 19.3 Å². The second kappa shape index (κ2) is 9.53. The fraction of sp³-hybridized carbons (Fsp3) is 0.321. The second-order valence-electron chi connectivity index (χ2n) is 9.82. The molecule has 0 aliphatic heterocycles. The first-order valence-corrected chi connectivity index (χ1v) is 12.6. The first-order chi connectivity index (χ1) is 17.6. The highest BCUT2D eigenvalue weighted by atomic mass is 16.1. The monoisotopic (exact) mass is 479 g/mol. The number of benzene rings is 2. The average molecular weight is 480 g/mol. The van der Waals surface area contributed by atoms with E-state index in [2.05, 4.69) is 84.5 Å². The Morgan fingerprint density at radius 1 is 0.917 bits per heavy atom. The van der Waals surface area contributed by atoms with Crippen molar-refractivity contribution < 1.29 is 4.79 Å². The molecule has 4 aromatic rings.